The molecular weight excluding hydrogens is 248 g/mol. The van der Waals surface area contributed by atoms with Crippen LogP contribution in [-0.4, -0.2) is 21.6 Å². The minimum atomic E-state index is -0.899. The summed E-state index contributed by atoms with van der Waals surface area (Å²) in [7, 11) is 0. The summed E-state index contributed by atoms with van der Waals surface area (Å²) >= 11 is 1.38. The molecule has 1 rings (SSSR count). The van der Waals surface area contributed by atoms with E-state index >= 15 is 0 Å². The molecule has 1 amide bonds. The second-order valence-corrected chi connectivity index (χ2v) is 5.29. The Morgan fingerprint density at radius 2 is 2.00 bits per heavy atom. The molecule has 0 radical (unpaired) electrons. The monoisotopic (exact) mass is 264 g/mol. The number of nitrogens with zero attached hydrogens (tertiary/aromatic N) is 2. The van der Waals surface area contributed by atoms with Gasteiger partial charge in [-0.1, -0.05) is 25.2 Å². The molecule has 3 N–H and O–H groups in total. The second kappa shape index (κ2) is 5.56. The number of rotatable bonds is 3. The second-order valence-electron chi connectivity index (χ2n) is 4.28. The zero-order valence-corrected chi connectivity index (χ0v) is 11.4. The number of halogens is 1. The van der Waals surface area contributed by atoms with Gasteiger partial charge in [0, 0.05) is 5.92 Å². The van der Waals surface area contributed by atoms with Crippen LogP contribution in [0, 0.1) is 0 Å². The molecule has 0 spiro atoms. The molecule has 0 unspecified atom stereocenters. The molecule has 0 saturated carbocycles. The fraction of sp³-hybridized carbons (Fsp3) is 0.667. The van der Waals surface area contributed by atoms with Crippen LogP contribution < -0.4 is 11.1 Å². The third kappa shape index (κ3) is 4.03. The summed E-state index contributed by atoms with van der Waals surface area (Å²) in [6, 6.07) is 0. The summed E-state index contributed by atoms with van der Waals surface area (Å²) in [4.78, 5) is 11.5. The minimum absolute atomic E-state index is 0. The average molecular weight is 265 g/mol. The van der Waals surface area contributed by atoms with Crippen molar-refractivity contribution in [2.45, 2.75) is 39.2 Å². The number of nitrogens with two attached hydrogens (primary N) is 1. The fourth-order valence-corrected chi connectivity index (χ4v) is 1.52. The molecular formula is C9H17ClN4OS. The summed E-state index contributed by atoms with van der Waals surface area (Å²) in [5.41, 5.74) is 4.74. The lowest BCUT2D eigenvalue weighted by Gasteiger charge is -2.15. The zero-order chi connectivity index (χ0) is 11.6. The first-order valence-electron chi connectivity index (χ1n) is 4.74. The molecule has 1 aromatic heterocycles. The number of carbonyl (C=O) groups excluding carboxylic acids is 1. The highest BCUT2D eigenvalue weighted by Crippen LogP contribution is 2.22. The first-order valence-corrected chi connectivity index (χ1v) is 5.56. The van der Waals surface area contributed by atoms with Crippen molar-refractivity contribution in [2.24, 2.45) is 5.73 Å². The van der Waals surface area contributed by atoms with Crippen LogP contribution in [0.3, 0.4) is 0 Å². The van der Waals surface area contributed by atoms with Crippen molar-refractivity contribution in [1.29, 1.82) is 0 Å². The topological polar surface area (TPSA) is 80.9 Å². The van der Waals surface area contributed by atoms with Gasteiger partial charge in [0.2, 0.25) is 11.0 Å². The van der Waals surface area contributed by atoms with E-state index in [4.69, 9.17) is 5.73 Å². The number of nitrogens with one attached hydrogen (secondary N) is 1. The summed E-state index contributed by atoms with van der Waals surface area (Å²) < 4.78 is 0. The Morgan fingerprint density at radius 1 is 1.44 bits per heavy atom. The summed E-state index contributed by atoms with van der Waals surface area (Å²) in [5, 5.41) is 11.9. The Morgan fingerprint density at radius 3 is 2.38 bits per heavy atom. The van der Waals surface area contributed by atoms with E-state index in [1.807, 2.05) is 13.8 Å². The normalized spacial score (nSPS) is 11.1. The van der Waals surface area contributed by atoms with Crippen molar-refractivity contribution in [3.8, 4) is 0 Å². The van der Waals surface area contributed by atoms with Crippen LogP contribution in [-0.2, 0) is 4.79 Å². The Bertz CT molecular complexity index is 359. The predicted octanol–water partition coefficient (Wildman–Crippen LogP) is 1.76. The van der Waals surface area contributed by atoms with Crippen molar-refractivity contribution in [2.75, 3.05) is 5.32 Å². The molecule has 5 nitrogen and oxygen atoms in total. The van der Waals surface area contributed by atoms with Gasteiger partial charge in [-0.15, -0.1) is 22.6 Å². The summed E-state index contributed by atoms with van der Waals surface area (Å²) in [6.07, 6.45) is 0. The van der Waals surface area contributed by atoms with Crippen LogP contribution in [0.5, 0.6) is 0 Å². The van der Waals surface area contributed by atoms with E-state index in [1.165, 1.54) is 11.3 Å². The van der Waals surface area contributed by atoms with E-state index in [-0.39, 0.29) is 18.3 Å². The maximum Gasteiger partial charge on any atom is 0.245 e. The Balaban J connectivity index is 0.00000225. The smallest absolute Gasteiger partial charge is 0.245 e. The Hall–Kier alpha value is -0.720. The molecule has 0 atom stereocenters. The third-order valence-corrected chi connectivity index (χ3v) is 2.88. The molecule has 16 heavy (non-hydrogen) atoms. The fourth-order valence-electron chi connectivity index (χ4n) is 0.777. The number of aromatic nitrogens is 2. The van der Waals surface area contributed by atoms with E-state index in [0.29, 0.717) is 11.0 Å². The quantitative estimate of drug-likeness (QED) is 0.872. The molecule has 0 fully saturated rings. The SMILES string of the molecule is CC(C)c1nnc(NC(=O)C(C)(C)N)s1.Cl. The van der Waals surface area contributed by atoms with E-state index in [1.54, 1.807) is 13.8 Å². The van der Waals surface area contributed by atoms with Crippen molar-refractivity contribution >= 4 is 34.8 Å². The van der Waals surface area contributed by atoms with Gasteiger partial charge < -0.3 is 5.73 Å². The molecule has 1 heterocycles. The van der Waals surface area contributed by atoms with Crippen LogP contribution in [0.25, 0.3) is 0 Å². The van der Waals surface area contributed by atoms with Crippen molar-refractivity contribution < 1.29 is 4.79 Å². The highest BCUT2D eigenvalue weighted by Gasteiger charge is 2.23. The van der Waals surface area contributed by atoms with Crippen molar-refractivity contribution in [3.05, 3.63) is 5.01 Å². The maximum atomic E-state index is 11.5. The molecule has 0 bridgehead atoms. The molecule has 0 saturated heterocycles. The van der Waals surface area contributed by atoms with Gasteiger partial charge in [0.25, 0.3) is 0 Å². The molecule has 7 heteroatoms. The number of amides is 1. The molecule has 0 aliphatic carbocycles. The predicted molar refractivity (Wildman–Crippen MR) is 68.1 cm³/mol. The van der Waals surface area contributed by atoms with Gasteiger partial charge >= 0.3 is 0 Å². The van der Waals surface area contributed by atoms with Crippen molar-refractivity contribution in [1.82, 2.24) is 10.2 Å². The highest BCUT2D eigenvalue weighted by molar-refractivity contribution is 7.15. The molecule has 0 aromatic carbocycles. The lowest BCUT2D eigenvalue weighted by molar-refractivity contribution is -0.120. The maximum absolute atomic E-state index is 11.5. The van der Waals surface area contributed by atoms with E-state index in [0.717, 1.165) is 5.01 Å². The van der Waals surface area contributed by atoms with Gasteiger partial charge in [-0.05, 0) is 13.8 Å². The third-order valence-electron chi connectivity index (χ3n) is 1.74. The van der Waals surface area contributed by atoms with Crippen LogP contribution in [0.4, 0.5) is 5.13 Å². The summed E-state index contributed by atoms with van der Waals surface area (Å²) in [6.45, 7) is 7.34. The Labute approximate surface area is 105 Å². The number of anilines is 1. The molecule has 0 aliphatic heterocycles. The first-order chi connectivity index (χ1) is 6.80. The molecule has 0 aliphatic rings. The standard InChI is InChI=1S/C9H16N4OS.ClH/c1-5(2)6-12-13-8(15-6)11-7(14)9(3,4)10;/h5H,10H2,1-4H3,(H,11,13,14);1H. The molecule has 1 aromatic rings. The van der Waals surface area contributed by atoms with Gasteiger partial charge in [0.1, 0.15) is 5.01 Å². The van der Waals surface area contributed by atoms with Gasteiger partial charge in [-0.2, -0.15) is 0 Å². The van der Waals surface area contributed by atoms with Gasteiger partial charge in [-0.25, -0.2) is 0 Å². The largest absolute Gasteiger partial charge is 0.318 e. The van der Waals surface area contributed by atoms with E-state index in [9.17, 15) is 4.79 Å². The van der Waals surface area contributed by atoms with Gasteiger partial charge in [0.15, 0.2) is 0 Å². The first kappa shape index (κ1) is 15.3. The minimum Gasteiger partial charge on any atom is -0.318 e. The van der Waals surface area contributed by atoms with Gasteiger partial charge in [0.05, 0.1) is 5.54 Å². The lowest BCUT2D eigenvalue weighted by Crippen LogP contribution is -2.45. The molecule has 92 valence electrons. The van der Waals surface area contributed by atoms with Crippen LogP contribution in [0.2, 0.25) is 0 Å². The van der Waals surface area contributed by atoms with E-state index < -0.39 is 5.54 Å². The van der Waals surface area contributed by atoms with Crippen molar-refractivity contribution in [3.63, 3.8) is 0 Å². The highest BCUT2D eigenvalue weighted by atomic mass is 35.5. The zero-order valence-electron chi connectivity index (χ0n) is 9.77. The van der Waals surface area contributed by atoms with E-state index in [2.05, 4.69) is 15.5 Å². The van der Waals surface area contributed by atoms with Crippen LogP contribution in [0.1, 0.15) is 38.6 Å². The average Bonchev–Trinajstić information content (AvgIpc) is 2.50. The van der Waals surface area contributed by atoms with Crippen LogP contribution >= 0.6 is 23.7 Å². The lowest BCUT2D eigenvalue weighted by atomic mass is 10.1. The van der Waals surface area contributed by atoms with Gasteiger partial charge in [-0.3, -0.25) is 10.1 Å². The number of hydrogen-bond acceptors (Lipinski definition) is 5. The number of carbonyl (C=O) groups is 1. The Kier molecular flexibility index (Phi) is 5.31. The summed E-state index contributed by atoms with van der Waals surface area (Å²) in [5.74, 6) is 0.0630. The number of hydrogen-bond donors (Lipinski definition) is 2. The van der Waals surface area contributed by atoms with Crippen LogP contribution in [0.15, 0.2) is 0 Å².